The van der Waals surface area contributed by atoms with E-state index in [0.29, 0.717) is 30.3 Å². The third kappa shape index (κ3) is 3.89. The minimum absolute atomic E-state index is 0.0207. The van der Waals surface area contributed by atoms with E-state index in [2.05, 4.69) is 31.4 Å². The van der Waals surface area contributed by atoms with Crippen molar-refractivity contribution >= 4 is 22.2 Å². The average molecular weight is 429 g/mol. The molecule has 0 radical (unpaired) electrons. The van der Waals surface area contributed by atoms with E-state index in [-0.39, 0.29) is 12.1 Å². The first-order chi connectivity index (χ1) is 14.3. The Bertz CT molecular complexity index is 945. The number of hydrogen-bond acceptors (Lipinski definition) is 5. The van der Waals surface area contributed by atoms with E-state index >= 15 is 0 Å². The molecule has 0 spiro atoms. The van der Waals surface area contributed by atoms with Crippen LogP contribution in [0.4, 0.5) is 5.00 Å². The predicted octanol–water partition coefficient (Wildman–Crippen LogP) is 5.55. The second-order valence-electron chi connectivity index (χ2n) is 9.14. The first-order valence-electron chi connectivity index (χ1n) is 10.9. The van der Waals surface area contributed by atoms with E-state index in [1.54, 1.807) is 11.3 Å². The van der Waals surface area contributed by atoms with Gasteiger partial charge in [-0.3, -0.25) is 4.79 Å². The van der Waals surface area contributed by atoms with Crippen LogP contribution in [-0.4, -0.2) is 19.1 Å². The number of hydrogen-bond donors (Lipinski definition) is 2. The van der Waals surface area contributed by atoms with Crippen LogP contribution in [0.25, 0.3) is 0 Å². The molecule has 0 unspecified atom stereocenters. The van der Waals surface area contributed by atoms with Gasteiger partial charge in [-0.25, -0.2) is 0 Å². The summed E-state index contributed by atoms with van der Waals surface area (Å²) in [7, 11) is 0. The minimum Gasteiger partial charge on any atom is -0.490 e. The fraction of sp³-hybridized carbons (Fsp3) is 0.542. The molecule has 1 aliphatic carbocycles. The number of fused-ring (bicyclic) bond motifs is 3. The van der Waals surface area contributed by atoms with Crippen LogP contribution in [0.1, 0.15) is 73.6 Å². The van der Waals surface area contributed by atoms with Gasteiger partial charge in [0.25, 0.3) is 5.91 Å². The fourth-order valence-electron chi connectivity index (χ4n) is 4.45. The summed E-state index contributed by atoms with van der Waals surface area (Å²) in [6.07, 6.45) is 2.92. The first kappa shape index (κ1) is 21.0. The summed E-state index contributed by atoms with van der Waals surface area (Å²) in [5.41, 5.74) is 3.35. The van der Waals surface area contributed by atoms with Gasteiger partial charge in [-0.05, 0) is 67.7 Å². The molecule has 0 bridgehead atoms. The lowest BCUT2D eigenvalue weighted by Gasteiger charge is -2.34. The number of ether oxygens (including phenoxy) is 2. The molecule has 30 heavy (non-hydrogen) atoms. The Labute approximate surface area is 183 Å². The van der Waals surface area contributed by atoms with E-state index in [1.165, 1.54) is 10.4 Å². The van der Waals surface area contributed by atoms with Gasteiger partial charge in [-0.15, -0.1) is 11.3 Å². The number of rotatable bonds is 5. The van der Waals surface area contributed by atoms with Gasteiger partial charge in [0.05, 0.1) is 18.8 Å². The van der Waals surface area contributed by atoms with Crippen molar-refractivity contribution in [3.8, 4) is 11.5 Å². The Hall–Kier alpha value is -2.21. The molecule has 0 saturated heterocycles. The average Bonchev–Trinajstić information content (AvgIpc) is 3.07. The highest BCUT2D eigenvalue weighted by molar-refractivity contribution is 7.16. The molecule has 1 aromatic heterocycles. The van der Waals surface area contributed by atoms with E-state index in [4.69, 9.17) is 9.47 Å². The molecule has 5 nitrogen and oxygen atoms in total. The van der Waals surface area contributed by atoms with Gasteiger partial charge in [0.2, 0.25) is 0 Å². The minimum atomic E-state index is -0.279. The molecular formula is C24H32N2O3S. The Morgan fingerprint density at radius 1 is 1.10 bits per heavy atom. The lowest BCUT2D eigenvalue weighted by molar-refractivity contribution is 0.0934. The summed E-state index contributed by atoms with van der Waals surface area (Å²) >= 11 is 1.76. The van der Waals surface area contributed by atoms with Crippen LogP contribution in [0, 0.1) is 11.3 Å². The maximum absolute atomic E-state index is 13.1. The smallest absolute Gasteiger partial charge is 0.256 e. The maximum atomic E-state index is 13.1. The molecule has 1 aromatic carbocycles. The number of amides is 1. The monoisotopic (exact) mass is 428 g/mol. The summed E-state index contributed by atoms with van der Waals surface area (Å²) in [6, 6.07) is 5.86. The predicted molar refractivity (Wildman–Crippen MR) is 122 cm³/mol. The maximum Gasteiger partial charge on any atom is 0.256 e. The quantitative estimate of drug-likeness (QED) is 0.655. The third-order valence-electron chi connectivity index (χ3n) is 6.17. The zero-order chi connectivity index (χ0) is 21.5. The second-order valence-corrected chi connectivity index (χ2v) is 10.2. The molecule has 2 N–H and O–H groups in total. The van der Waals surface area contributed by atoms with E-state index in [0.717, 1.165) is 41.1 Å². The van der Waals surface area contributed by atoms with E-state index in [1.807, 2.05) is 32.0 Å². The molecule has 162 valence electrons. The molecule has 2 aliphatic rings. The Kier molecular flexibility index (Phi) is 5.71. The van der Waals surface area contributed by atoms with Crippen molar-refractivity contribution in [2.24, 2.45) is 11.3 Å². The SMILES string of the molecule is CCOc1ccc([C@@H]2NC(=O)c3c(sc4c3CC[C@@H](C(C)(C)C)C4)N2)cc1OCC. The summed E-state index contributed by atoms with van der Waals surface area (Å²) in [5.74, 6) is 2.11. The van der Waals surface area contributed by atoms with Crippen molar-refractivity contribution in [2.75, 3.05) is 18.5 Å². The van der Waals surface area contributed by atoms with Gasteiger partial charge < -0.3 is 20.1 Å². The lowest BCUT2D eigenvalue weighted by atomic mass is 9.72. The molecule has 1 amide bonds. The van der Waals surface area contributed by atoms with Crippen molar-refractivity contribution in [3.05, 3.63) is 39.8 Å². The molecule has 2 heterocycles. The van der Waals surface area contributed by atoms with Crippen LogP contribution in [0.5, 0.6) is 11.5 Å². The summed E-state index contributed by atoms with van der Waals surface area (Å²) in [5, 5.41) is 7.71. The molecule has 6 heteroatoms. The van der Waals surface area contributed by atoms with Crippen molar-refractivity contribution in [1.29, 1.82) is 0 Å². The fourth-order valence-corrected chi connectivity index (χ4v) is 5.80. The molecule has 2 aromatic rings. The first-order valence-corrected chi connectivity index (χ1v) is 11.7. The van der Waals surface area contributed by atoms with Crippen molar-refractivity contribution < 1.29 is 14.3 Å². The topological polar surface area (TPSA) is 59.6 Å². The summed E-state index contributed by atoms with van der Waals surface area (Å²) in [4.78, 5) is 14.4. The number of benzene rings is 1. The normalized spacial score (nSPS) is 20.6. The summed E-state index contributed by atoms with van der Waals surface area (Å²) in [6.45, 7) is 12.0. The van der Waals surface area contributed by atoms with Crippen molar-refractivity contribution in [1.82, 2.24) is 5.32 Å². The van der Waals surface area contributed by atoms with Gasteiger partial charge in [-0.2, -0.15) is 0 Å². The largest absolute Gasteiger partial charge is 0.490 e. The van der Waals surface area contributed by atoms with Crippen molar-refractivity contribution in [2.45, 2.75) is 60.0 Å². The van der Waals surface area contributed by atoms with Gasteiger partial charge in [0.1, 0.15) is 11.2 Å². The molecule has 0 saturated carbocycles. The van der Waals surface area contributed by atoms with Crippen LogP contribution in [0.15, 0.2) is 18.2 Å². The van der Waals surface area contributed by atoms with Crippen LogP contribution in [-0.2, 0) is 12.8 Å². The van der Waals surface area contributed by atoms with Gasteiger partial charge in [0.15, 0.2) is 11.5 Å². The zero-order valence-electron chi connectivity index (χ0n) is 18.6. The highest BCUT2D eigenvalue weighted by atomic mass is 32.1. The van der Waals surface area contributed by atoms with Crippen LogP contribution >= 0.6 is 11.3 Å². The molecule has 2 atom stereocenters. The summed E-state index contributed by atoms with van der Waals surface area (Å²) < 4.78 is 11.4. The van der Waals surface area contributed by atoms with Crippen LogP contribution < -0.4 is 20.1 Å². The van der Waals surface area contributed by atoms with E-state index < -0.39 is 0 Å². The third-order valence-corrected chi connectivity index (χ3v) is 7.35. The molecule has 0 fully saturated rings. The molecular weight excluding hydrogens is 396 g/mol. The Balaban J connectivity index is 1.61. The number of nitrogens with one attached hydrogen (secondary N) is 2. The number of anilines is 1. The van der Waals surface area contributed by atoms with E-state index in [9.17, 15) is 4.79 Å². The highest BCUT2D eigenvalue weighted by Crippen LogP contribution is 2.46. The number of thiophene rings is 1. The van der Waals surface area contributed by atoms with Gasteiger partial charge in [-0.1, -0.05) is 26.8 Å². The molecule has 4 rings (SSSR count). The zero-order valence-corrected chi connectivity index (χ0v) is 19.4. The van der Waals surface area contributed by atoms with Crippen molar-refractivity contribution in [3.63, 3.8) is 0 Å². The van der Waals surface area contributed by atoms with Gasteiger partial charge >= 0.3 is 0 Å². The second kappa shape index (κ2) is 8.14. The Morgan fingerprint density at radius 2 is 1.83 bits per heavy atom. The molecule has 1 aliphatic heterocycles. The standard InChI is InChI=1S/C24H32N2O3S/c1-6-28-17-11-8-14(12-18(17)29-7-2)21-25-22(27)20-16-10-9-15(24(3,4)5)13-19(16)30-23(20)26-21/h8,11-12,15,21,26H,6-7,9-10,13H2,1-5H3,(H,25,27)/t15-,21-/m1/s1. The lowest BCUT2D eigenvalue weighted by Crippen LogP contribution is -2.38. The van der Waals surface area contributed by atoms with Gasteiger partial charge in [0, 0.05) is 4.88 Å². The number of carbonyl (C=O) groups excluding carboxylic acids is 1. The highest BCUT2D eigenvalue weighted by Gasteiger charge is 2.36. The van der Waals surface area contributed by atoms with Crippen LogP contribution in [0.2, 0.25) is 0 Å². The Morgan fingerprint density at radius 3 is 2.53 bits per heavy atom. The number of carbonyl (C=O) groups is 1. The van der Waals surface area contributed by atoms with Crippen LogP contribution in [0.3, 0.4) is 0 Å².